The molecule has 0 aliphatic heterocycles. The molecule has 0 aromatic rings. The van der Waals surface area contributed by atoms with E-state index in [2.05, 4.69) is 6.92 Å². The first-order valence-corrected chi connectivity index (χ1v) is 8.64. The zero-order valence-electron chi connectivity index (χ0n) is 13.7. The molecule has 0 radical (unpaired) electrons. The summed E-state index contributed by atoms with van der Waals surface area (Å²) in [6.07, 6.45) is 14.1. The molecular weight excluding hydrogens is 286 g/mol. The Labute approximate surface area is 137 Å². The van der Waals surface area contributed by atoms with Crippen molar-refractivity contribution in [2.24, 2.45) is 17.6 Å². The Balaban J connectivity index is 0.00000400. The molecule has 0 unspecified atom stereocenters. The third-order valence-electron chi connectivity index (χ3n) is 5.10. The summed E-state index contributed by atoms with van der Waals surface area (Å²) in [6, 6.07) is 0. The fraction of sp³-hybridized carbons (Fsp3) is 1.00. The maximum Gasteiger partial charge on any atom is 0.0633 e. The molecule has 0 aromatic heterocycles. The Morgan fingerprint density at radius 3 is 1.81 bits per heavy atom. The molecule has 0 saturated heterocycles. The van der Waals surface area contributed by atoms with Gasteiger partial charge in [-0.25, -0.2) is 0 Å². The first-order valence-electron chi connectivity index (χ1n) is 8.64. The van der Waals surface area contributed by atoms with E-state index in [-0.39, 0.29) is 25.6 Å². The summed E-state index contributed by atoms with van der Waals surface area (Å²) in [5, 5.41) is 18.3. The van der Waals surface area contributed by atoms with E-state index in [0.717, 1.165) is 24.7 Å². The normalized spacial score (nSPS) is 22.9. The molecule has 4 N–H and O–H groups in total. The van der Waals surface area contributed by atoms with Crippen LogP contribution in [0.25, 0.3) is 0 Å². The van der Waals surface area contributed by atoms with E-state index >= 15 is 0 Å². The molecule has 4 heteroatoms. The average molecular weight is 322 g/mol. The summed E-state index contributed by atoms with van der Waals surface area (Å²) >= 11 is 0. The fourth-order valence-corrected chi connectivity index (χ4v) is 3.42. The second-order valence-electron chi connectivity index (χ2n) is 6.95. The van der Waals surface area contributed by atoms with Gasteiger partial charge in [0.2, 0.25) is 0 Å². The highest BCUT2D eigenvalue weighted by molar-refractivity contribution is 5.85. The zero-order valence-corrected chi connectivity index (χ0v) is 14.5. The Morgan fingerprint density at radius 1 is 0.905 bits per heavy atom. The SMILES string of the molecule is CCCCC1CCC(CCCCC(N)(CO)CO)CC1.Cl. The van der Waals surface area contributed by atoms with Crippen LogP contribution in [0.2, 0.25) is 0 Å². The minimum atomic E-state index is -0.766. The van der Waals surface area contributed by atoms with Crippen molar-refractivity contribution in [1.29, 1.82) is 0 Å². The van der Waals surface area contributed by atoms with Crippen LogP contribution in [0.5, 0.6) is 0 Å². The summed E-state index contributed by atoms with van der Waals surface area (Å²) in [6.45, 7) is 2.04. The van der Waals surface area contributed by atoms with Crippen LogP contribution in [0.1, 0.15) is 77.6 Å². The van der Waals surface area contributed by atoms with E-state index < -0.39 is 5.54 Å². The minimum absolute atomic E-state index is 0. The van der Waals surface area contributed by atoms with Gasteiger partial charge in [0, 0.05) is 0 Å². The van der Waals surface area contributed by atoms with Gasteiger partial charge in [0.25, 0.3) is 0 Å². The molecule has 128 valence electrons. The molecule has 0 spiro atoms. The molecule has 0 bridgehead atoms. The number of aliphatic hydroxyl groups excluding tert-OH is 2. The number of hydrogen-bond acceptors (Lipinski definition) is 3. The molecule has 0 amide bonds. The molecule has 1 aliphatic carbocycles. The van der Waals surface area contributed by atoms with Gasteiger partial charge in [0.05, 0.1) is 18.8 Å². The number of hydrogen-bond donors (Lipinski definition) is 3. The lowest BCUT2D eigenvalue weighted by atomic mass is 9.78. The minimum Gasteiger partial charge on any atom is -0.394 e. The predicted octanol–water partition coefficient (Wildman–Crippen LogP) is 3.65. The topological polar surface area (TPSA) is 66.5 Å². The van der Waals surface area contributed by atoms with Crippen LogP contribution in [-0.2, 0) is 0 Å². The lowest BCUT2D eigenvalue weighted by molar-refractivity contribution is 0.111. The van der Waals surface area contributed by atoms with Crippen molar-refractivity contribution >= 4 is 12.4 Å². The molecule has 1 fully saturated rings. The molecule has 0 aromatic carbocycles. The quantitative estimate of drug-likeness (QED) is 0.538. The Hall–Kier alpha value is 0.170. The van der Waals surface area contributed by atoms with Crippen molar-refractivity contribution in [1.82, 2.24) is 0 Å². The van der Waals surface area contributed by atoms with Gasteiger partial charge in [-0.2, -0.15) is 0 Å². The largest absolute Gasteiger partial charge is 0.394 e. The van der Waals surface area contributed by atoms with Gasteiger partial charge in [0.15, 0.2) is 0 Å². The highest BCUT2D eigenvalue weighted by Crippen LogP contribution is 2.34. The Morgan fingerprint density at radius 2 is 1.38 bits per heavy atom. The van der Waals surface area contributed by atoms with E-state index in [4.69, 9.17) is 15.9 Å². The molecule has 1 rings (SSSR count). The summed E-state index contributed by atoms with van der Waals surface area (Å²) in [4.78, 5) is 0. The second-order valence-corrected chi connectivity index (χ2v) is 6.95. The zero-order chi connectivity index (χ0) is 14.8. The fourth-order valence-electron chi connectivity index (χ4n) is 3.42. The van der Waals surface area contributed by atoms with Crippen molar-refractivity contribution in [3.63, 3.8) is 0 Å². The molecule has 1 aliphatic rings. The molecule has 3 nitrogen and oxygen atoms in total. The van der Waals surface area contributed by atoms with Crippen LogP contribution in [0.15, 0.2) is 0 Å². The van der Waals surface area contributed by atoms with E-state index in [9.17, 15) is 0 Å². The van der Waals surface area contributed by atoms with Gasteiger partial charge in [-0.05, 0) is 18.3 Å². The highest BCUT2D eigenvalue weighted by atomic mass is 35.5. The van der Waals surface area contributed by atoms with E-state index in [1.165, 1.54) is 57.8 Å². The molecule has 21 heavy (non-hydrogen) atoms. The van der Waals surface area contributed by atoms with Gasteiger partial charge >= 0.3 is 0 Å². The van der Waals surface area contributed by atoms with Crippen molar-refractivity contribution < 1.29 is 10.2 Å². The maximum atomic E-state index is 9.15. The average Bonchev–Trinajstić information content (AvgIpc) is 2.50. The van der Waals surface area contributed by atoms with Crippen LogP contribution in [0.4, 0.5) is 0 Å². The monoisotopic (exact) mass is 321 g/mol. The number of halogens is 1. The van der Waals surface area contributed by atoms with Crippen LogP contribution in [0, 0.1) is 11.8 Å². The predicted molar refractivity (Wildman–Crippen MR) is 91.8 cm³/mol. The van der Waals surface area contributed by atoms with Crippen LogP contribution in [0.3, 0.4) is 0 Å². The maximum absolute atomic E-state index is 9.15. The van der Waals surface area contributed by atoms with Gasteiger partial charge in [-0.15, -0.1) is 12.4 Å². The molecule has 1 saturated carbocycles. The first-order chi connectivity index (χ1) is 9.63. The molecule has 0 heterocycles. The lowest BCUT2D eigenvalue weighted by Gasteiger charge is -2.29. The van der Waals surface area contributed by atoms with Gasteiger partial charge in [-0.1, -0.05) is 71.1 Å². The summed E-state index contributed by atoms with van der Waals surface area (Å²) in [5.41, 5.74) is 5.11. The van der Waals surface area contributed by atoms with Crippen LogP contribution in [-0.4, -0.2) is 29.0 Å². The van der Waals surface area contributed by atoms with Crippen molar-refractivity contribution in [2.75, 3.05) is 13.2 Å². The van der Waals surface area contributed by atoms with E-state index in [1.54, 1.807) is 0 Å². The van der Waals surface area contributed by atoms with Gasteiger partial charge < -0.3 is 15.9 Å². The van der Waals surface area contributed by atoms with Gasteiger partial charge in [-0.3, -0.25) is 0 Å². The van der Waals surface area contributed by atoms with Crippen molar-refractivity contribution in [2.45, 2.75) is 83.1 Å². The second kappa shape index (κ2) is 11.7. The smallest absolute Gasteiger partial charge is 0.0633 e. The van der Waals surface area contributed by atoms with Crippen LogP contribution < -0.4 is 5.73 Å². The number of unbranched alkanes of at least 4 members (excludes halogenated alkanes) is 2. The number of aliphatic hydroxyl groups is 2. The van der Waals surface area contributed by atoms with Gasteiger partial charge in [0.1, 0.15) is 0 Å². The molecular formula is C17H36ClNO2. The van der Waals surface area contributed by atoms with Crippen molar-refractivity contribution in [3.05, 3.63) is 0 Å². The lowest BCUT2D eigenvalue weighted by Crippen LogP contribution is -2.47. The standard InChI is InChI=1S/C17H35NO2.ClH/c1-2-3-6-15-8-10-16(11-9-15)7-4-5-12-17(18,13-19)14-20;/h15-16,19-20H,2-14,18H2,1H3;1H. The Bertz CT molecular complexity index is 239. The first kappa shape index (κ1) is 21.2. The summed E-state index contributed by atoms with van der Waals surface area (Å²) in [7, 11) is 0. The number of nitrogens with two attached hydrogens (primary N) is 1. The van der Waals surface area contributed by atoms with Crippen LogP contribution >= 0.6 is 12.4 Å². The third-order valence-corrected chi connectivity index (χ3v) is 5.10. The summed E-state index contributed by atoms with van der Waals surface area (Å²) < 4.78 is 0. The van der Waals surface area contributed by atoms with Crippen molar-refractivity contribution in [3.8, 4) is 0 Å². The van der Waals surface area contributed by atoms with E-state index in [0.29, 0.717) is 0 Å². The number of rotatable bonds is 10. The third kappa shape index (κ3) is 8.39. The molecule has 0 atom stereocenters. The Kier molecular flexibility index (Phi) is 11.8. The van der Waals surface area contributed by atoms with E-state index in [1.807, 2.05) is 0 Å². The summed E-state index contributed by atoms with van der Waals surface area (Å²) in [5.74, 6) is 1.90. The highest BCUT2D eigenvalue weighted by Gasteiger charge is 2.23.